The van der Waals surface area contributed by atoms with E-state index in [4.69, 9.17) is 0 Å². The number of Topliss-reactive ketones (excluding diaryl/α,β-unsaturated/α-hetero) is 1. The average Bonchev–Trinajstić information content (AvgIpc) is 2.44. The molecule has 0 aliphatic rings. The van der Waals surface area contributed by atoms with Gasteiger partial charge in [0.15, 0.2) is 5.78 Å². The molecule has 21 heavy (non-hydrogen) atoms. The first-order valence-electron chi connectivity index (χ1n) is 6.86. The molecule has 0 radical (unpaired) electrons. The number of nitrogens with one attached hydrogen (secondary N) is 2. The van der Waals surface area contributed by atoms with Crippen LogP contribution in [0.2, 0.25) is 0 Å². The molecule has 0 saturated heterocycles. The van der Waals surface area contributed by atoms with Crippen LogP contribution in [0.1, 0.15) is 38.1 Å². The smallest absolute Gasteiger partial charge is 0.240 e. The Balaban J connectivity index is 2.71. The molecule has 5 heteroatoms. The number of para-hydroxylation sites is 1. The highest BCUT2D eigenvalue weighted by Gasteiger charge is 2.29. The van der Waals surface area contributed by atoms with Crippen molar-refractivity contribution in [2.75, 3.05) is 11.9 Å². The number of rotatable bonds is 6. The number of carbonyl (C=O) groups excluding carboxylic acids is 2. The van der Waals surface area contributed by atoms with Gasteiger partial charge in [-0.2, -0.15) is 5.26 Å². The molecule has 0 unspecified atom stereocenters. The Morgan fingerprint density at radius 3 is 2.48 bits per heavy atom. The summed E-state index contributed by atoms with van der Waals surface area (Å²) in [7, 11) is 0. The minimum atomic E-state index is -0.904. The first-order chi connectivity index (χ1) is 9.80. The standard InChI is InChI=1S/C16H21N3O2/c1-11(2)16(4,10-17)19-15(21)9-18-14-8-6-5-7-13(14)12(3)20/h5-8,11,18H,9H2,1-4H3,(H,19,21)/t16-/m0/s1. The van der Waals surface area contributed by atoms with E-state index in [2.05, 4.69) is 16.7 Å². The van der Waals surface area contributed by atoms with Crippen molar-refractivity contribution >= 4 is 17.4 Å². The van der Waals surface area contributed by atoms with Crippen LogP contribution in [-0.2, 0) is 4.79 Å². The summed E-state index contributed by atoms with van der Waals surface area (Å²) in [6, 6.07) is 9.14. The predicted molar refractivity (Wildman–Crippen MR) is 81.9 cm³/mol. The zero-order valence-electron chi connectivity index (χ0n) is 12.9. The van der Waals surface area contributed by atoms with Gasteiger partial charge in [0.25, 0.3) is 0 Å². The summed E-state index contributed by atoms with van der Waals surface area (Å²) in [5.74, 6) is -0.357. The highest BCUT2D eigenvalue weighted by molar-refractivity contribution is 6.00. The van der Waals surface area contributed by atoms with Crippen molar-refractivity contribution in [3.8, 4) is 6.07 Å². The van der Waals surface area contributed by atoms with E-state index in [0.717, 1.165) is 0 Å². The molecular formula is C16H21N3O2. The maximum absolute atomic E-state index is 12.0. The molecule has 112 valence electrons. The van der Waals surface area contributed by atoms with Crippen LogP contribution >= 0.6 is 0 Å². The number of hydrogen-bond acceptors (Lipinski definition) is 4. The number of anilines is 1. The van der Waals surface area contributed by atoms with Crippen LogP contribution in [0.5, 0.6) is 0 Å². The molecule has 2 N–H and O–H groups in total. The summed E-state index contributed by atoms with van der Waals surface area (Å²) in [6.45, 7) is 6.93. The van der Waals surface area contributed by atoms with E-state index in [1.54, 1.807) is 31.2 Å². The predicted octanol–water partition coefficient (Wildman–Crippen LogP) is 2.36. The molecule has 0 heterocycles. The first kappa shape index (κ1) is 16.7. The number of amides is 1. The van der Waals surface area contributed by atoms with E-state index in [-0.39, 0.29) is 24.2 Å². The van der Waals surface area contributed by atoms with Crippen molar-refractivity contribution < 1.29 is 9.59 Å². The Morgan fingerprint density at radius 2 is 1.95 bits per heavy atom. The van der Waals surface area contributed by atoms with Crippen molar-refractivity contribution in [2.45, 2.75) is 33.2 Å². The van der Waals surface area contributed by atoms with Gasteiger partial charge in [-0.1, -0.05) is 26.0 Å². The Labute approximate surface area is 125 Å². The second kappa shape index (κ2) is 6.89. The lowest BCUT2D eigenvalue weighted by atomic mass is 9.90. The lowest BCUT2D eigenvalue weighted by Crippen LogP contribution is -2.50. The largest absolute Gasteiger partial charge is 0.376 e. The second-order valence-corrected chi connectivity index (χ2v) is 5.47. The van der Waals surface area contributed by atoms with Gasteiger partial charge in [-0.15, -0.1) is 0 Å². The van der Waals surface area contributed by atoms with E-state index >= 15 is 0 Å². The number of benzene rings is 1. The zero-order chi connectivity index (χ0) is 16.0. The van der Waals surface area contributed by atoms with E-state index < -0.39 is 5.54 Å². The maximum Gasteiger partial charge on any atom is 0.240 e. The summed E-state index contributed by atoms with van der Waals surface area (Å²) in [5.41, 5.74) is 0.249. The molecule has 1 rings (SSSR count). The number of nitriles is 1. The number of nitrogens with zero attached hydrogens (tertiary/aromatic N) is 1. The lowest BCUT2D eigenvalue weighted by Gasteiger charge is -2.27. The van der Waals surface area contributed by atoms with Crippen LogP contribution in [0.3, 0.4) is 0 Å². The number of ketones is 1. The van der Waals surface area contributed by atoms with Gasteiger partial charge >= 0.3 is 0 Å². The molecule has 0 bridgehead atoms. The molecule has 0 spiro atoms. The molecule has 0 aliphatic carbocycles. The van der Waals surface area contributed by atoms with Gasteiger partial charge < -0.3 is 10.6 Å². The van der Waals surface area contributed by atoms with Crippen molar-refractivity contribution in [2.24, 2.45) is 5.92 Å². The van der Waals surface area contributed by atoms with Crippen molar-refractivity contribution in [1.82, 2.24) is 5.32 Å². The molecule has 1 atom stereocenters. The molecule has 1 aromatic rings. The van der Waals surface area contributed by atoms with Gasteiger partial charge in [-0.3, -0.25) is 9.59 Å². The van der Waals surface area contributed by atoms with Gasteiger partial charge in [-0.25, -0.2) is 0 Å². The van der Waals surface area contributed by atoms with E-state index in [0.29, 0.717) is 11.3 Å². The maximum atomic E-state index is 12.0. The van der Waals surface area contributed by atoms with E-state index in [1.807, 2.05) is 13.8 Å². The zero-order valence-corrected chi connectivity index (χ0v) is 12.9. The van der Waals surface area contributed by atoms with Crippen molar-refractivity contribution in [3.63, 3.8) is 0 Å². The van der Waals surface area contributed by atoms with Crippen LogP contribution in [0.15, 0.2) is 24.3 Å². The molecule has 0 aliphatic heterocycles. The minimum absolute atomic E-state index is 0.00374. The summed E-state index contributed by atoms with van der Waals surface area (Å²) in [6.07, 6.45) is 0. The molecule has 0 saturated carbocycles. The Morgan fingerprint density at radius 1 is 1.33 bits per heavy atom. The summed E-state index contributed by atoms with van der Waals surface area (Å²) in [4.78, 5) is 23.5. The first-order valence-corrected chi connectivity index (χ1v) is 6.86. The fourth-order valence-electron chi connectivity index (χ4n) is 1.75. The Bertz CT molecular complexity index is 575. The topological polar surface area (TPSA) is 82.0 Å². The molecule has 5 nitrogen and oxygen atoms in total. The molecule has 1 amide bonds. The monoisotopic (exact) mass is 287 g/mol. The molecule has 1 aromatic carbocycles. The SMILES string of the molecule is CC(=O)c1ccccc1NCC(=O)N[C@@](C)(C#N)C(C)C. The second-order valence-electron chi connectivity index (χ2n) is 5.47. The summed E-state index contributed by atoms with van der Waals surface area (Å²) < 4.78 is 0. The lowest BCUT2D eigenvalue weighted by molar-refractivity contribution is -0.121. The Kier molecular flexibility index (Phi) is 5.48. The molecule has 0 aromatic heterocycles. The van der Waals surface area contributed by atoms with Gasteiger partial charge in [0.1, 0.15) is 5.54 Å². The fraction of sp³-hybridized carbons (Fsp3) is 0.438. The average molecular weight is 287 g/mol. The minimum Gasteiger partial charge on any atom is -0.376 e. The summed E-state index contributed by atoms with van der Waals surface area (Å²) >= 11 is 0. The highest BCUT2D eigenvalue weighted by atomic mass is 16.2. The van der Waals surface area contributed by atoms with Crippen LogP contribution in [0, 0.1) is 17.2 Å². The number of carbonyl (C=O) groups is 2. The summed E-state index contributed by atoms with van der Waals surface area (Å²) in [5, 5.41) is 14.8. The number of hydrogen-bond donors (Lipinski definition) is 2. The third-order valence-corrected chi connectivity index (χ3v) is 3.53. The third-order valence-electron chi connectivity index (χ3n) is 3.53. The van der Waals surface area contributed by atoms with Crippen LogP contribution in [-0.4, -0.2) is 23.8 Å². The van der Waals surface area contributed by atoms with Gasteiger partial charge in [-0.05, 0) is 31.9 Å². The van der Waals surface area contributed by atoms with Gasteiger partial charge in [0.2, 0.25) is 5.91 Å². The van der Waals surface area contributed by atoms with Crippen LogP contribution < -0.4 is 10.6 Å². The third kappa shape index (κ3) is 4.32. The normalized spacial score (nSPS) is 13.1. The van der Waals surface area contributed by atoms with E-state index in [1.165, 1.54) is 6.92 Å². The fourth-order valence-corrected chi connectivity index (χ4v) is 1.75. The van der Waals surface area contributed by atoms with Crippen LogP contribution in [0.4, 0.5) is 5.69 Å². The highest BCUT2D eigenvalue weighted by Crippen LogP contribution is 2.16. The van der Waals surface area contributed by atoms with Crippen LogP contribution in [0.25, 0.3) is 0 Å². The van der Waals surface area contributed by atoms with Crippen molar-refractivity contribution in [1.29, 1.82) is 5.26 Å². The van der Waals surface area contributed by atoms with Gasteiger partial charge in [0, 0.05) is 11.3 Å². The van der Waals surface area contributed by atoms with E-state index in [9.17, 15) is 14.9 Å². The van der Waals surface area contributed by atoms with Crippen molar-refractivity contribution in [3.05, 3.63) is 29.8 Å². The quantitative estimate of drug-likeness (QED) is 0.787. The molecular weight excluding hydrogens is 266 g/mol. The Hall–Kier alpha value is -2.35. The van der Waals surface area contributed by atoms with Gasteiger partial charge in [0.05, 0.1) is 12.6 Å². The molecule has 0 fully saturated rings.